The molecule has 25 heavy (non-hydrogen) atoms. The normalized spacial score (nSPS) is 11.4. The first-order chi connectivity index (χ1) is 11.6. The number of halogens is 3. The average Bonchev–Trinajstić information content (AvgIpc) is 2.79. The Bertz CT molecular complexity index is 812. The number of nitro groups is 1. The van der Waals surface area contributed by atoms with E-state index in [-0.39, 0.29) is 22.7 Å². The number of hydrogen-bond acceptors (Lipinski definition) is 4. The number of hydrogen-bond donors (Lipinski definition) is 0. The fourth-order valence-corrected chi connectivity index (χ4v) is 2.42. The van der Waals surface area contributed by atoms with Crippen molar-refractivity contribution in [2.75, 3.05) is 6.61 Å². The van der Waals surface area contributed by atoms with E-state index in [1.54, 1.807) is 0 Å². The SMILES string of the molecule is Cc1cc(C(=O)COc2cccc([N+](=O)[O-])c2)c(C)n1CC(F)(F)F. The van der Waals surface area contributed by atoms with Gasteiger partial charge in [0.1, 0.15) is 12.3 Å². The Hall–Kier alpha value is -2.84. The second-order valence-electron chi connectivity index (χ2n) is 5.45. The Morgan fingerprint density at radius 3 is 2.56 bits per heavy atom. The number of non-ortho nitro benzene ring substituents is 1. The van der Waals surface area contributed by atoms with E-state index in [0.29, 0.717) is 5.69 Å². The lowest BCUT2D eigenvalue weighted by Crippen LogP contribution is -2.20. The van der Waals surface area contributed by atoms with E-state index in [1.807, 2.05) is 0 Å². The number of rotatable bonds is 6. The molecule has 0 amide bonds. The summed E-state index contributed by atoms with van der Waals surface area (Å²) in [6, 6.07) is 6.68. The van der Waals surface area contributed by atoms with Gasteiger partial charge in [-0.1, -0.05) is 6.07 Å². The molecule has 0 saturated carbocycles. The zero-order valence-electron chi connectivity index (χ0n) is 13.5. The highest BCUT2D eigenvalue weighted by Crippen LogP contribution is 2.24. The molecule has 0 aliphatic rings. The molecular weight excluding hydrogens is 341 g/mol. The van der Waals surface area contributed by atoms with Crippen molar-refractivity contribution in [1.82, 2.24) is 4.57 Å². The zero-order valence-corrected chi connectivity index (χ0v) is 13.5. The van der Waals surface area contributed by atoms with Gasteiger partial charge in [0, 0.05) is 23.0 Å². The number of ketones is 1. The summed E-state index contributed by atoms with van der Waals surface area (Å²) in [6.07, 6.45) is -4.39. The van der Waals surface area contributed by atoms with Gasteiger partial charge in [-0.05, 0) is 26.0 Å². The maximum absolute atomic E-state index is 12.6. The lowest BCUT2D eigenvalue weighted by molar-refractivity contribution is -0.384. The van der Waals surface area contributed by atoms with Crippen LogP contribution < -0.4 is 4.74 Å². The molecule has 1 aromatic heterocycles. The van der Waals surface area contributed by atoms with Crippen LogP contribution in [0.15, 0.2) is 30.3 Å². The molecule has 0 aliphatic carbocycles. The van der Waals surface area contributed by atoms with E-state index in [2.05, 4.69) is 0 Å². The van der Waals surface area contributed by atoms with Gasteiger partial charge in [0.05, 0.1) is 11.0 Å². The largest absolute Gasteiger partial charge is 0.485 e. The Labute approximate surface area is 141 Å². The summed E-state index contributed by atoms with van der Waals surface area (Å²) in [7, 11) is 0. The molecule has 0 radical (unpaired) electrons. The van der Waals surface area contributed by atoms with Crippen molar-refractivity contribution in [3.63, 3.8) is 0 Å². The van der Waals surface area contributed by atoms with E-state index in [1.165, 1.54) is 44.2 Å². The van der Waals surface area contributed by atoms with Gasteiger partial charge in [0.15, 0.2) is 6.61 Å². The third-order valence-electron chi connectivity index (χ3n) is 3.61. The number of carbonyl (C=O) groups is 1. The van der Waals surface area contributed by atoms with Crippen molar-refractivity contribution in [2.24, 2.45) is 0 Å². The van der Waals surface area contributed by atoms with Gasteiger partial charge in [-0.15, -0.1) is 0 Å². The number of Topliss-reactive ketones (excluding diaryl/α,β-unsaturated/α-hetero) is 1. The lowest BCUT2D eigenvalue weighted by atomic mass is 10.1. The zero-order chi connectivity index (χ0) is 18.8. The molecule has 2 rings (SSSR count). The fourth-order valence-electron chi connectivity index (χ4n) is 2.42. The van der Waals surface area contributed by atoms with E-state index in [4.69, 9.17) is 4.74 Å². The molecule has 2 aromatic rings. The molecule has 0 bridgehead atoms. The first kappa shape index (κ1) is 18.5. The summed E-state index contributed by atoms with van der Waals surface area (Å²) in [4.78, 5) is 22.3. The highest BCUT2D eigenvalue weighted by atomic mass is 19.4. The van der Waals surface area contributed by atoms with Crippen molar-refractivity contribution in [3.05, 3.63) is 57.4 Å². The van der Waals surface area contributed by atoms with Gasteiger partial charge >= 0.3 is 6.18 Å². The van der Waals surface area contributed by atoms with Gasteiger partial charge in [-0.3, -0.25) is 14.9 Å². The number of carbonyl (C=O) groups excluding carboxylic acids is 1. The fraction of sp³-hybridized carbons (Fsp3) is 0.312. The second-order valence-corrected chi connectivity index (χ2v) is 5.45. The minimum atomic E-state index is -4.39. The molecular formula is C16H15F3N2O4. The smallest absolute Gasteiger partial charge is 0.406 e. The van der Waals surface area contributed by atoms with Crippen molar-refractivity contribution in [2.45, 2.75) is 26.6 Å². The number of aromatic nitrogens is 1. The van der Waals surface area contributed by atoms with E-state index in [9.17, 15) is 28.1 Å². The van der Waals surface area contributed by atoms with Crippen LogP contribution in [0.5, 0.6) is 5.75 Å². The third kappa shape index (κ3) is 4.59. The Morgan fingerprint density at radius 1 is 1.28 bits per heavy atom. The summed E-state index contributed by atoms with van der Waals surface area (Å²) in [5, 5.41) is 10.7. The minimum absolute atomic E-state index is 0.131. The Kier molecular flexibility index (Phi) is 5.15. The van der Waals surface area contributed by atoms with Crippen LogP contribution in [0.4, 0.5) is 18.9 Å². The number of ether oxygens (including phenoxy) is 1. The predicted octanol–water partition coefficient (Wildman–Crippen LogP) is 3.84. The molecule has 9 heteroatoms. The van der Waals surface area contributed by atoms with Gasteiger partial charge < -0.3 is 9.30 Å². The summed E-state index contributed by atoms with van der Waals surface area (Å²) in [5.74, 6) is -0.375. The van der Waals surface area contributed by atoms with Crippen LogP contribution in [0.25, 0.3) is 0 Å². The standard InChI is InChI=1S/C16H15F3N2O4/c1-10-6-14(11(2)20(10)9-16(17,18)19)15(22)8-25-13-5-3-4-12(7-13)21(23)24/h3-7H,8-9H2,1-2H3. The van der Waals surface area contributed by atoms with Crippen LogP contribution in [0.1, 0.15) is 21.7 Å². The maximum Gasteiger partial charge on any atom is 0.406 e. The molecule has 1 heterocycles. The monoisotopic (exact) mass is 356 g/mol. The molecule has 1 aromatic carbocycles. The number of alkyl halides is 3. The summed E-state index contributed by atoms with van der Waals surface area (Å²) >= 11 is 0. The molecule has 0 atom stereocenters. The maximum atomic E-state index is 12.6. The first-order valence-electron chi connectivity index (χ1n) is 7.22. The minimum Gasteiger partial charge on any atom is -0.485 e. The highest BCUT2D eigenvalue weighted by molar-refractivity contribution is 5.98. The third-order valence-corrected chi connectivity index (χ3v) is 3.61. The molecule has 134 valence electrons. The topological polar surface area (TPSA) is 74.4 Å². The van der Waals surface area contributed by atoms with Crippen molar-refractivity contribution in [3.8, 4) is 5.75 Å². The molecule has 0 saturated heterocycles. The van der Waals surface area contributed by atoms with Crippen LogP contribution >= 0.6 is 0 Å². The first-order valence-corrected chi connectivity index (χ1v) is 7.22. The molecule has 0 aliphatic heterocycles. The molecule has 0 unspecified atom stereocenters. The molecule has 0 N–H and O–H groups in total. The van der Waals surface area contributed by atoms with Gasteiger partial charge in [-0.25, -0.2) is 0 Å². The van der Waals surface area contributed by atoms with Crippen LogP contribution in [0, 0.1) is 24.0 Å². The van der Waals surface area contributed by atoms with Gasteiger partial charge in [0.25, 0.3) is 5.69 Å². The highest BCUT2D eigenvalue weighted by Gasteiger charge is 2.30. The summed E-state index contributed by atoms with van der Waals surface area (Å²) in [6.45, 7) is 1.30. The van der Waals surface area contributed by atoms with Crippen LogP contribution in [-0.4, -0.2) is 28.1 Å². The molecule has 0 spiro atoms. The van der Waals surface area contributed by atoms with Crippen LogP contribution in [0.2, 0.25) is 0 Å². The summed E-state index contributed by atoms with van der Waals surface area (Å²) < 4.78 is 44.0. The average molecular weight is 356 g/mol. The van der Waals surface area contributed by atoms with Crippen molar-refractivity contribution < 1.29 is 27.6 Å². The molecule has 6 nitrogen and oxygen atoms in total. The van der Waals surface area contributed by atoms with E-state index < -0.39 is 30.0 Å². The Balaban J connectivity index is 2.13. The van der Waals surface area contributed by atoms with Gasteiger partial charge in [-0.2, -0.15) is 13.2 Å². The van der Waals surface area contributed by atoms with Crippen LogP contribution in [0.3, 0.4) is 0 Å². The quantitative estimate of drug-likeness (QED) is 0.448. The number of nitrogens with zero attached hydrogens (tertiary/aromatic N) is 2. The molecule has 0 fully saturated rings. The number of benzene rings is 1. The van der Waals surface area contributed by atoms with Crippen molar-refractivity contribution in [1.29, 1.82) is 0 Å². The second kappa shape index (κ2) is 6.96. The number of nitro benzene ring substituents is 1. The van der Waals surface area contributed by atoms with Crippen molar-refractivity contribution >= 4 is 11.5 Å². The Morgan fingerprint density at radius 2 is 1.96 bits per heavy atom. The van der Waals surface area contributed by atoms with Crippen LogP contribution in [-0.2, 0) is 6.54 Å². The van der Waals surface area contributed by atoms with E-state index in [0.717, 1.165) is 4.57 Å². The van der Waals surface area contributed by atoms with Gasteiger partial charge in [0.2, 0.25) is 5.78 Å². The van der Waals surface area contributed by atoms with E-state index >= 15 is 0 Å². The predicted molar refractivity (Wildman–Crippen MR) is 82.9 cm³/mol. The summed E-state index contributed by atoms with van der Waals surface area (Å²) in [5.41, 5.74) is 0.455. The lowest BCUT2D eigenvalue weighted by Gasteiger charge is -2.12. The number of aryl methyl sites for hydroxylation is 1.